The minimum absolute atomic E-state index is 0.467. The van der Waals surface area contributed by atoms with Gasteiger partial charge in [0.15, 0.2) is 5.82 Å². The van der Waals surface area contributed by atoms with Crippen LogP contribution in [-0.2, 0) is 6.42 Å². The minimum atomic E-state index is 0.467. The zero-order valence-electron chi connectivity index (χ0n) is 12.6. The van der Waals surface area contributed by atoms with E-state index < -0.39 is 0 Å². The van der Waals surface area contributed by atoms with Crippen LogP contribution in [0.3, 0.4) is 0 Å². The molecule has 1 aliphatic carbocycles. The van der Waals surface area contributed by atoms with E-state index in [4.69, 9.17) is 10.3 Å². The molecule has 1 fully saturated rings. The first-order valence-electron chi connectivity index (χ1n) is 7.93. The summed E-state index contributed by atoms with van der Waals surface area (Å²) in [6.45, 7) is 2.89. The monoisotopic (exact) mass is 285 g/mol. The van der Waals surface area contributed by atoms with Gasteiger partial charge in [-0.1, -0.05) is 36.7 Å². The van der Waals surface area contributed by atoms with Crippen molar-refractivity contribution in [3.63, 3.8) is 0 Å². The highest BCUT2D eigenvalue weighted by Crippen LogP contribution is 2.39. The molecule has 0 saturated heterocycles. The van der Waals surface area contributed by atoms with E-state index in [1.165, 1.54) is 31.2 Å². The Balaban J connectivity index is 1.82. The third-order valence-corrected chi connectivity index (χ3v) is 4.59. The predicted molar refractivity (Wildman–Crippen MR) is 82.9 cm³/mol. The average molecular weight is 285 g/mol. The molecule has 1 saturated carbocycles. The summed E-state index contributed by atoms with van der Waals surface area (Å²) >= 11 is 0. The summed E-state index contributed by atoms with van der Waals surface area (Å²) in [5, 5.41) is 4.23. The Bertz CT molecular complexity index is 593. The van der Waals surface area contributed by atoms with Crippen molar-refractivity contribution in [2.75, 3.05) is 6.54 Å². The Kier molecular flexibility index (Phi) is 4.34. The van der Waals surface area contributed by atoms with Crippen molar-refractivity contribution in [3.05, 3.63) is 35.7 Å². The first-order chi connectivity index (χ1) is 10.3. The van der Waals surface area contributed by atoms with Gasteiger partial charge in [0, 0.05) is 11.5 Å². The van der Waals surface area contributed by atoms with Crippen LogP contribution in [0, 0.1) is 5.92 Å². The molecule has 3 rings (SSSR count). The van der Waals surface area contributed by atoms with Crippen molar-refractivity contribution < 1.29 is 4.52 Å². The van der Waals surface area contributed by atoms with Gasteiger partial charge in [0.2, 0.25) is 0 Å². The fraction of sp³-hybridized carbons (Fsp3) is 0.529. The average Bonchev–Trinajstić information content (AvgIpc) is 3.17. The second kappa shape index (κ2) is 6.39. The minimum Gasteiger partial charge on any atom is -0.334 e. The van der Waals surface area contributed by atoms with E-state index in [2.05, 4.69) is 23.1 Å². The van der Waals surface area contributed by atoms with Crippen molar-refractivity contribution >= 4 is 0 Å². The molecule has 0 aliphatic heterocycles. The second-order valence-electron chi connectivity index (χ2n) is 5.94. The first kappa shape index (κ1) is 14.3. The Hall–Kier alpha value is -1.68. The van der Waals surface area contributed by atoms with Crippen LogP contribution in [0.15, 0.2) is 28.8 Å². The van der Waals surface area contributed by atoms with Gasteiger partial charge in [0.05, 0.1) is 0 Å². The van der Waals surface area contributed by atoms with E-state index in [-0.39, 0.29) is 0 Å². The van der Waals surface area contributed by atoms with Gasteiger partial charge in [-0.05, 0) is 49.8 Å². The predicted octanol–water partition coefficient (Wildman–Crippen LogP) is 3.53. The number of hydrogen-bond donors (Lipinski definition) is 1. The molecule has 0 spiro atoms. The molecule has 4 heteroatoms. The molecule has 0 bridgehead atoms. The summed E-state index contributed by atoms with van der Waals surface area (Å²) in [6.07, 6.45) is 5.74. The van der Waals surface area contributed by atoms with E-state index in [0.717, 1.165) is 23.7 Å². The largest absolute Gasteiger partial charge is 0.334 e. The Morgan fingerprint density at radius 2 is 2.14 bits per heavy atom. The molecule has 0 amide bonds. The number of hydrogen-bond acceptors (Lipinski definition) is 4. The van der Waals surface area contributed by atoms with Gasteiger partial charge in [0.25, 0.3) is 5.89 Å². The molecule has 2 unspecified atom stereocenters. The smallest absolute Gasteiger partial charge is 0.258 e. The summed E-state index contributed by atoms with van der Waals surface area (Å²) < 4.78 is 5.52. The summed E-state index contributed by atoms with van der Waals surface area (Å²) in [6, 6.07) is 8.14. The van der Waals surface area contributed by atoms with E-state index in [0.29, 0.717) is 18.4 Å². The Labute approximate surface area is 125 Å². The fourth-order valence-corrected chi connectivity index (χ4v) is 3.29. The summed E-state index contributed by atoms with van der Waals surface area (Å²) in [4.78, 5) is 4.66. The molecule has 1 heterocycles. The van der Waals surface area contributed by atoms with Crippen molar-refractivity contribution in [2.45, 2.75) is 44.9 Å². The van der Waals surface area contributed by atoms with E-state index in [1.807, 2.05) is 18.2 Å². The zero-order valence-corrected chi connectivity index (χ0v) is 12.6. The zero-order chi connectivity index (χ0) is 14.7. The normalized spacial score (nSPS) is 21.8. The lowest BCUT2D eigenvalue weighted by Crippen LogP contribution is -2.04. The highest BCUT2D eigenvalue weighted by Gasteiger charge is 2.28. The molecule has 2 atom stereocenters. The molecule has 1 aromatic heterocycles. The molecule has 4 nitrogen and oxygen atoms in total. The van der Waals surface area contributed by atoms with Crippen LogP contribution in [0.2, 0.25) is 0 Å². The highest BCUT2D eigenvalue weighted by molar-refractivity contribution is 5.58. The molecular weight excluding hydrogens is 262 g/mol. The molecule has 1 aliphatic rings. The third kappa shape index (κ3) is 3.00. The van der Waals surface area contributed by atoms with Crippen LogP contribution in [0.4, 0.5) is 0 Å². The number of benzene rings is 1. The molecule has 2 N–H and O–H groups in total. The Morgan fingerprint density at radius 3 is 2.90 bits per heavy atom. The van der Waals surface area contributed by atoms with Crippen molar-refractivity contribution in [2.24, 2.45) is 11.7 Å². The molecular formula is C17H23N3O. The maximum Gasteiger partial charge on any atom is 0.258 e. The number of rotatable bonds is 5. The van der Waals surface area contributed by atoms with Gasteiger partial charge in [0.1, 0.15) is 0 Å². The number of aromatic nitrogens is 2. The quantitative estimate of drug-likeness (QED) is 0.912. The standard InChI is InChI=1S/C17H23N3O/c1-2-12-7-8-14(11-12)16-19-17(21-20-16)15-6-4-3-5-13(15)9-10-18/h3-6,12,14H,2,7-11,18H2,1H3. The number of nitrogens with zero attached hydrogens (tertiary/aromatic N) is 2. The fourth-order valence-electron chi connectivity index (χ4n) is 3.29. The summed E-state index contributed by atoms with van der Waals surface area (Å²) in [7, 11) is 0. The molecule has 21 heavy (non-hydrogen) atoms. The van der Waals surface area contributed by atoms with Gasteiger partial charge in [-0.3, -0.25) is 0 Å². The van der Waals surface area contributed by atoms with Gasteiger partial charge < -0.3 is 10.3 Å². The van der Waals surface area contributed by atoms with Crippen LogP contribution in [0.25, 0.3) is 11.5 Å². The van der Waals surface area contributed by atoms with Crippen LogP contribution in [-0.4, -0.2) is 16.7 Å². The van der Waals surface area contributed by atoms with Crippen LogP contribution in [0.5, 0.6) is 0 Å². The summed E-state index contributed by atoms with van der Waals surface area (Å²) in [5.41, 5.74) is 7.87. The maximum atomic E-state index is 5.68. The molecule has 1 aromatic carbocycles. The molecule has 112 valence electrons. The van der Waals surface area contributed by atoms with Crippen molar-refractivity contribution in [1.29, 1.82) is 0 Å². The number of nitrogens with two attached hydrogens (primary N) is 1. The lowest BCUT2D eigenvalue weighted by Gasteiger charge is -2.05. The SMILES string of the molecule is CCC1CCC(c2noc(-c3ccccc3CCN)n2)C1. The van der Waals surface area contributed by atoms with E-state index >= 15 is 0 Å². The molecule has 2 aromatic rings. The summed E-state index contributed by atoms with van der Waals surface area (Å²) in [5.74, 6) is 2.80. The lowest BCUT2D eigenvalue weighted by atomic mass is 10.0. The third-order valence-electron chi connectivity index (χ3n) is 4.59. The molecule has 0 radical (unpaired) electrons. The van der Waals surface area contributed by atoms with Gasteiger partial charge in [-0.25, -0.2) is 0 Å². The van der Waals surface area contributed by atoms with E-state index in [1.54, 1.807) is 0 Å². The first-order valence-corrected chi connectivity index (χ1v) is 7.93. The van der Waals surface area contributed by atoms with Gasteiger partial charge in [-0.15, -0.1) is 0 Å². The van der Waals surface area contributed by atoms with Gasteiger partial charge in [-0.2, -0.15) is 4.98 Å². The van der Waals surface area contributed by atoms with E-state index in [9.17, 15) is 0 Å². The van der Waals surface area contributed by atoms with Crippen LogP contribution >= 0.6 is 0 Å². The Morgan fingerprint density at radius 1 is 1.29 bits per heavy atom. The van der Waals surface area contributed by atoms with Gasteiger partial charge >= 0.3 is 0 Å². The van der Waals surface area contributed by atoms with Crippen molar-refractivity contribution in [1.82, 2.24) is 10.1 Å². The van der Waals surface area contributed by atoms with Crippen LogP contribution < -0.4 is 5.73 Å². The highest BCUT2D eigenvalue weighted by atomic mass is 16.5. The lowest BCUT2D eigenvalue weighted by molar-refractivity contribution is 0.413. The van der Waals surface area contributed by atoms with Crippen LogP contribution in [0.1, 0.15) is 49.9 Å². The maximum absolute atomic E-state index is 5.68. The second-order valence-corrected chi connectivity index (χ2v) is 5.94. The topological polar surface area (TPSA) is 64.9 Å². The van der Waals surface area contributed by atoms with Crippen molar-refractivity contribution in [3.8, 4) is 11.5 Å².